The van der Waals surface area contributed by atoms with Gasteiger partial charge in [0.15, 0.2) is 0 Å². The molecule has 1 aliphatic carbocycles. The summed E-state index contributed by atoms with van der Waals surface area (Å²) in [6.45, 7) is 3.38. The van der Waals surface area contributed by atoms with Gasteiger partial charge in [0.05, 0.1) is 36.7 Å². The van der Waals surface area contributed by atoms with Crippen LogP contribution in [-0.4, -0.2) is 80.1 Å². The molecule has 8 nitrogen and oxygen atoms in total. The molecule has 1 amide bonds. The Morgan fingerprint density at radius 1 is 1.04 bits per heavy atom. The first-order chi connectivity index (χ1) is 22.0. The number of benzene rings is 2. The fourth-order valence-corrected chi connectivity index (χ4v) is 6.78. The van der Waals surface area contributed by atoms with E-state index in [4.69, 9.17) is 9.47 Å². The van der Waals surface area contributed by atoms with Crippen LogP contribution in [-0.2, 0) is 11.3 Å². The second-order valence-corrected chi connectivity index (χ2v) is 12.5. The van der Waals surface area contributed by atoms with Crippen molar-refractivity contribution in [3.63, 3.8) is 0 Å². The van der Waals surface area contributed by atoms with Crippen LogP contribution in [0.3, 0.4) is 0 Å². The van der Waals surface area contributed by atoms with Crippen LogP contribution in [0.1, 0.15) is 61.5 Å². The zero-order chi connectivity index (χ0) is 32.9. The third kappa shape index (κ3) is 7.91. The van der Waals surface area contributed by atoms with Gasteiger partial charge in [-0.25, -0.2) is 0 Å². The molecule has 0 bridgehead atoms. The van der Waals surface area contributed by atoms with Gasteiger partial charge in [0.2, 0.25) is 0 Å². The van der Waals surface area contributed by atoms with Crippen molar-refractivity contribution >= 4 is 28.2 Å². The molecule has 1 aromatic heterocycles. The Balaban J connectivity index is 1.32. The normalized spacial score (nSPS) is 21.0. The quantitative estimate of drug-likeness (QED) is 0.240. The number of piperidine rings is 1. The molecule has 2 aromatic carbocycles. The minimum absolute atomic E-state index is 0.163. The first kappa shape index (κ1) is 33.5. The number of rotatable bonds is 9. The van der Waals surface area contributed by atoms with E-state index in [9.17, 15) is 18.0 Å². The van der Waals surface area contributed by atoms with Gasteiger partial charge < -0.3 is 34.9 Å². The molecule has 3 aromatic rings. The van der Waals surface area contributed by atoms with Crippen molar-refractivity contribution in [2.75, 3.05) is 51.5 Å². The predicted molar refractivity (Wildman–Crippen MR) is 176 cm³/mol. The van der Waals surface area contributed by atoms with Crippen molar-refractivity contribution in [3.8, 4) is 17.6 Å². The summed E-state index contributed by atoms with van der Waals surface area (Å²) < 4.78 is 53.4. The Morgan fingerprint density at radius 3 is 2.43 bits per heavy atom. The number of hydrogen-bond donors (Lipinski definition) is 3. The number of amides is 1. The van der Waals surface area contributed by atoms with E-state index in [1.54, 1.807) is 50.6 Å². The van der Waals surface area contributed by atoms with E-state index in [-0.39, 0.29) is 18.0 Å². The van der Waals surface area contributed by atoms with E-state index in [2.05, 4.69) is 39.6 Å². The van der Waals surface area contributed by atoms with E-state index < -0.39 is 12.7 Å². The van der Waals surface area contributed by atoms with Gasteiger partial charge >= 0.3 is 6.18 Å². The molecule has 0 unspecified atom stereocenters. The number of nitrogens with zero attached hydrogens (tertiary/aromatic N) is 2. The lowest BCUT2D eigenvalue weighted by atomic mass is 9.79. The predicted octanol–water partition coefficient (Wildman–Crippen LogP) is 6.26. The maximum atomic E-state index is 13.8. The van der Waals surface area contributed by atoms with Crippen molar-refractivity contribution in [1.29, 1.82) is 0 Å². The molecule has 46 heavy (non-hydrogen) atoms. The summed E-state index contributed by atoms with van der Waals surface area (Å²) >= 11 is 0. The number of aromatic nitrogens is 1. The van der Waals surface area contributed by atoms with E-state index in [1.165, 1.54) is 11.7 Å². The summed E-state index contributed by atoms with van der Waals surface area (Å²) in [5, 5.41) is 10.2. The van der Waals surface area contributed by atoms with Crippen LogP contribution in [0, 0.1) is 11.8 Å². The van der Waals surface area contributed by atoms with E-state index in [0.717, 1.165) is 62.7 Å². The fourth-order valence-electron chi connectivity index (χ4n) is 6.78. The van der Waals surface area contributed by atoms with Crippen molar-refractivity contribution in [3.05, 3.63) is 53.7 Å². The number of methoxy groups -OCH3 is 2. The lowest BCUT2D eigenvalue weighted by molar-refractivity contribution is -0.140. The van der Waals surface area contributed by atoms with Crippen LogP contribution < -0.4 is 20.7 Å². The largest absolute Gasteiger partial charge is 0.495 e. The molecule has 1 aliphatic heterocycles. The minimum atomic E-state index is -4.41. The highest BCUT2D eigenvalue weighted by atomic mass is 19.4. The van der Waals surface area contributed by atoms with Gasteiger partial charge in [0.25, 0.3) is 5.91 Å². The molecule has 2 aliphatic rings. The second kappa shape index (κ2) is 14.3. The molecule has 0 spiro atoms. The molecular weight excluding hydrogens is 595 g/mol. The Labute approximate surface area is 269 Å². The van der Waals surface area contributed by atoms with Crippen LogP contribution in [0.15, 0.2) is 42.5 Å². The molecular formula is C35H44F3N5O3. The number of halogens is 3. The Morgan fingerprint density at radius 2 is 1.78 bits per heavy atom. The first-order valence-corrected chi connectivity index (χ1v) is 15.9. The Hall–Kier alpha value is -3.88. The summed E-state index contributed by atoms with van der Waals surface area (Å²) in [5.74, 6) is 6.16. The summed E-state index contributed by atoms with van der Waals surface area (Å²) in [6.07, 6.45) is 2.21. The van der Waals surface area contributed by atoms with E-state index in [1.807, 2.05) is 6.07 Å². The number of likely N-dealkylation sites (tertiary alicyclic amines) is 1. The molecule has 2 fully saturated rings. The highest BCUT2D eigenvalue weighted by Crippen LogP contribution is 2.38. The molecule has 248 valence electrons. The van der Waals surface area contributed by atoms with Crippen LogP contribution in [0.5, 0.6) is 5.75 Å². The SMILES string of the molecule is CNC(=O)c1ccc(NCC#Cc2cc3c(NC4(C)CCC(N5CCC(OC)CC5)CC4)cccc3n2CC(F)(F)F)c(OC)c1. The highest BCUT2D eigenvalue weighted by molar-refractivity contribution is 5.95. The summed E-state index contributed by atoms with van der Waals surface area (Å²) in [4.78, 5) is 14.6. The second-order valence-electron chi connectivity index (χ2n) is 12.5. The number of ether oxygens (including phenoxy) is 2. The number of nitrogens with one attached hydrogen (secondary N) is 3. The molecule has 0 atom stereocenters. The average molecular weight is 640 g/mol. The molecule has 1 saturated heterocycles. The molecule has 3 N–H and O–H groups in total. The fraction of sp³-hybridized carbons (Fsp3) is 0.514. The van der Waals surface area contributed by atoms with Crippen LogP contribution in [0.2, 0.25) is 0 Å². The molecule has 1 saturated carbocycles. The standard InChI is InChI=1S/C35H44F3N5O3/c1-34(16-12-25(13-17-34)42-19-14-27(45-3)15-20-42)41-29-8-5-9-31-28(29)22-26(43(31)23-35(36,37)38)7-6-18-40-30-11-10-24(33(44)39-2)21-32(30)46-4/h5,8-11,21-22,25,27,40-41H,12-20,23H2,1-4H3,(H,39,44). The lowest BCUT2D eigenvalue weighted by Crippen LogP contribution is -2.48. The smallest absolute Gasteiger partial charge is 0.406 e. The highest BCUT2D eigenvalue weighted by Gasteiger charge is 2.35. The number of carbonyl (C=O) groups is 1. The van der Waals surface area contributed by atoms with E-state index >= 15 is 0 Å². The van der Waals surface area contributed by atoms with Crippen LogP contribution >= 0.6 is 0 Å². The molecule has 0 radical (unpaired) electrons. The number of alkyl halides is 3. The van der Waals surface area contributed by atoms with Gasteiger partial charge in [0.1, 0.15) is 12.3 Å². The third-order valence-electron chi connectivity index (χ3n) is 9.38. The first-order valence-electron chi connectivity index (χ1n) is 15.9. The maximum Gasteiger partial charge on any atom is 0.406 e. The average Bonchev–Trinajstić information content (AvgIpc) is 3.39. The van der Waals surface area contributed by atoms with Gasteiger partial charge in [-0.1, -0.05) is 12.0 Å². The van der Waals surface area contributed by atoms with Crippen molar-refractivity contribution in [1.82, 2.24) is 14.8 Å². The summed E-state index contributed by atoms with van der Waals surface area (Å²) in [5.41, 5.74) is 2.50. The monoisotopic (exact) mass is 639 g/mol. The van der Waals surface area contributed by atoms with Gasteiger partial charge in [0, 0.05) is 55.5 Å². The van der Waals surface area contributed by atoms with Gasteiger partial charge in [-0.05, 0) is 87.8 Å². The summed E-state index contributed by atoms with van der Waals surface area (Å²) in [7, 11) is 4.84. The zero-order valence-corrected chi connectivity index (χ0v) is 27.0. The van der Waals surface area contributed by atoms with E-state index in [0.29, 0.717) is 40.4 Å². The number of anilines is 2. The number of fused-ring (bicyclic) bond motifs is 1. The molecule has 5 rings (SSSR count). The Bertz CT molecular complexity index is 1580. The van der Waals surface area contributed by atoms with Crippen molar-refractivity contribution < 1.29 is 27.4 Å². The number of hydrogen-bond acceptors (Lipinski definition) is 6. The number of carbonyl (C=O) groups excluding carboxylic acids is 1. The minimum Gasteiger partial charge on any atom is -0.495 e. The van der Waals surface area contributed by atoms with Gasteiger partial charge in [-0.15, -0.1) is 0 Å². The zero-order valence-electron chi connectivity index (χ0n) is 27.0. The maximum absolute atomic E-state index is 13.8. The lowest BCUT2D eigenvalue weighted by Gasteiger charge is -2.44. The van der Waals surface area contributed by atoms with Crippen molar-refractivity contribution in [2.24, 2.45) is 0 Å². The van der Waals surface area contributed by atoms with Crippen LogP contribution in [0.4, 0.5) is 24.5 Å². The van der Waals surface area contributed by atoms with Crippen molar-refractivity contribution in [2.45, 2.75) is 75.9 Å². The molecule has 11 heteroatoms. The topological polar surface area (TPSA) is 79.8 Å². The summed E-state index contributed by atoms with van der Waals surface area (Å²) in [6, 6.07) is 12.8. The third-order valence-corrected chi connectivity index (χ3v) is 9.38. The van der Waals surface area contributed by atoms with Gasteiger partial charge in [-0.3, -0.25) is 4.79 Å². The Kier molecular flexibility index (Phi) is 10.4. The van der Waals surface area contributed by atoms with Crippen LogP contribution in [0.25, 0.3) is 10.9 Å². The van der Waals surface area contributed by atoms with Gasteiger partial charge in [-0.2, -0.15) is 13.2 Å². The molecule has 2 heterocycles.